The summed E-state index contributed by atoms with van der Waals surface area (Å²) < 4.78 is 11.0. The van der Waals surface area contributed by atoms with Gasteiger partial charge in [-0.1, -0.05) is 26.0 Å². The Morgan fingerprint density at radius 1 is 0.913 bits per heavy atom. The zero-order valence-corrected chi connectivity index (χ0v) is 13.7. The van der Waals surface area contributed by atoms with Gasteiger partial charge in [0, 0.05) is 5.69 Å². The summed E-state index contributed by atoms with van der Waals surface area (Å²) in [5, 5.41) is 2.80. The Bertz CT molecular complexity index is 606. The van der Waals surface area contributed by atoms with E-state index in [9.17, 15) is 4.79 Å². The molecule has 0 saturated carbocycles. The molecule has 4 heteroatoms. The number of nitrogens with one attached hydrogen (secondary N) is 1. The lowest BCUT2D eigenvalue weighted by atomic mass is 10.2. The molecule has 0 aliphatic rings. The Hall–Kier alpha value is -2.49. The van der Waals surface area contributed by atoms with Crippen LogP contribution in [0.5, 0.6) is 11.5 Å². The van der Waals surface area contributed by atoms with E-state index in [0.29, 0.717) is 12.4 Å². The van der Waals surface area contributed by atoms with Gasteiger partial charge in [0.25, 0.3) is 5.91 Å². The topological polar surface area (TPSA) is 47.6 Å². The molecule has 1 N–H and O–H groups in total. The lowest BCUT2D eigenvalue weighted by molar-refractivity contribution is -0.118. The quantitative estimate of drug-likeness (QED) is 0.799. The van der Waals surface area contributed by atoms with Crippen molar-refractivity contribution in [3.63, 3.8) is 0 Å². The van der Waals surface area contributed by atoms with Crippen LogP contribution < -0.4 is 14.8 Å². The van der Waals surface area contributed by atoms with Crippen molar-refractivity contribution in [2.24, 2.45) is 0 Å². The number of aryl methyl sites for hydroxylation is 1. The van der Waals surface area contributed by atoms with Gasteiger partial charge in [0.05, 0.1) is 6.61 Å². The molecular formula is C19H23NO3. The number of amides is 1. The van der Waals surface area contributed by atoms with Gasteiger partial charge in [-0.25, -0.2) is 0 Å². The van der Waals surface area contributed by atoms with E-state index in [1.54, 1.807) is 0 Å². The molecule has 0 saturated heterocycles. The van der Waals surface area contributed by atoms with Crippen LogP contribution in [-0.2, 0) is 11.2 Å². The van der Waals surface area contributed by atoms with Crippen molar-refractivity contribution in [3.8, 4) is 11.5 Å². The third-order valence-corrected chi connectivity index (χ3v) is 3.31. The minimum absolute atomic E-state index is 0.0143. The second kappa shape index (κ2) is 8.83. The molecule has 2 aromatic carbocycles. The molecular weight excluding hydrogens is 290 g/mol. The first-order valence-electron chi connectivity index (χ1n) is 7.95. The van der Waals surface area contributed by atoms with Crippen molar-refractivity contribution in [1.29, 1.82) is 0 Å². The molecule has 0 atom stereocenters. The summed E-state index contributed by atoms with van der Waals surface area (Å²) in [6.07, 6.45) is 1.95. The van der Waals surface area contributed by atoms with Gasteiger partial charge in [-0.2, -0.15) is 0 Å². The molecule has 2 rings (SSSR count). The smallest absolute Gasteiger partial charge is 0.262 e. The Balaban J connectivity index is 1.79. The van der Waals surface area contributed by atoms with E-state index in [1.165, 1.54) is 5.56 Å². The number of benzene rings is 2. The SMILES string of the molecule is CCCOc1ccc(NC(=O)COc2ccc(CC)cc2)cc1. The van der Waals surface area contributed by atoms with Gasteiger partial charge in [0.1, 0.15) is 11.5 Å². The summed E-state index contributed by atoms with van der Waals surface area (Å²) in [7, 11) is 0. The maximum Gasteiger partial charge on any atom is 0.262 e. The molecule has 0 radical (unpaired) electrons. The number of anilines is 1. The summed E-state index contributed by atoms with van der Waals surface area (Å²) in [4.78, 5) is 11.9. The van der Waals surface area contributed by atoms with Crippen LogP contribution in [0.2, 0.25) is 0 Å². The van der Waals surface area contributed by atoms with Gasteiger partial charge < -0.3 is 14.8 Å². The van der Waals surface area contributed by atoms with Gasteiger partial charge in [-0.05, 0) is 54.8 Å². The summed E-state index contributed by atoms with van der Waals surface area (Å²) in [5.41, 5.74) is 1.97. The molecule has 0 aromatic heterocycles. The minimum atomic E-state index is -0.188. The largest absolute Gasteiger partial charge is 0.494 e. The highest BCUT2D eigenvalue weighted by atomic mass is 16.5. The number of rotatable bonds is 8. The second-order valence-corrected chi connectivity index (χ2v) is 5.21. The van der Waals surface area contributed by atoms with Crippen molar-refractivity contribution in [2.45, 2.75) is 26.7 Å². The Kier molecular flexibility index (Phi) is 6.48. The number of ether oxygens (including phenoxy) is 2. The van der Waals surface area contributed by atoms with Gasteiger partial charge in [-0.3, -0.25) is 4.79 Å². The van der Waals surface area contributed by atoms with Gasteiger partial charge in [0.2, 0.25) is 0 Å². The van der Waals surface area contributed by atoms with Crippen LogP contribution in [0.4, 0.5) is 5.69 Å². The van der Waals surface area contributed by atoms with Crippen molar-refractivity contribution in [2.75, 3.05) is 18.5 Å². The number of hydrogen-bond donors (Lipinski definition) is 1. The highest BCUT2D eigenvalue weighted by Crippen LogP contribution is 2.16. The Labute approximate surface area is 137 Å². The van der Waals surface area contributed by atoms with E-state index in [4.69, 9.17) is 9.47 Å². The maximum absolute atomic E-state index is 11.9. The number of hydrogen-bond acceptors (Lipinski definition) is 3. The van der Waals surface area contributed by atoms with Crippen LogP contribution >= 0.6 is 0 Å². The zero-order valence-electron chi connectivity index (χ0n) is 13.7. The number of carbonyl (C=O) groups is 1. The summed E-state index contributed by atoms with van der Waals surface area (Å²) >= 11 is 0. The molecule has 0 aliphatic heterocycles. The summed E-state index contributed by atoms with van der Waals surface area (Å²) in [6, 6.07) is 15.1. The van der Waals surface area contributed by atoms with E-state index in [-0.39, 0.29) is 12.5 Å². The lowest BCUT2D eigenvalue weighted by Crippen LogP contribution is -2.20. The summed E-state index contributed by atoms with van der Waals surface area (Å²) in [6.45, 7) is 4.84. The molecule has 0 heterocycles. The van der Waals surface area contributed by atoms with Crippen LogP contribution in [-0.4, -0.2) is 19.1 Å². The van der Waals surface area contributed by atoms with Crippen LogP contribution in [0.15, 0.2) is 48.5 Å². The predicted molar refractivity (Wildman–Crippen MR) is 92.2 cm³/mol. The normalized spacial score (nSPS) is 10.2. The summed E-state index contributed by atoms with van der Waals surface area (Å²) in [5.74, 6) is 1.31. The third kappa shape index (κ3) is 5.66. The van der Waals surface area contributed by atoms with Crippen LogP contribution in [0, 0.1) is 0 Å². The van der Waals surface area contributed by atoms with E-state index in [0.717, 1.165) is 24.3 Å². The van der Waals surface area contributed by atoms with Gasteiger partial charge in [-0.15, -0.1) is 0 Å². The molecule has 122 valence electrons. The zero-order chi connectivity index (χ0) is 16.5. The molecule has 2 aromatic rings. The van der Waals surface area contributed by atoms with Crippen molar-refractivity contribution in [1.82, 2.24) is 0 Å². The molecule has 23 heavy (non-hydrogen) atoms. The molecule has 0 unspecified atom stereocenters. The van der Waals surface area contributed by atoms with Crippen molar-refractivity contribution >= 4 is 11.6 Å². The van der Waals surface area contributed by atoms with E-state index >= 15 is 0 Å². The van der Waals surface area contributed by atoms with E-state index < -0.39 is 0 Å². The average molecular weight is 313 g/mol. The van der Waals surface area contributed by atoms with E-state index in [1.807, 2.05) is 48.5 Å². The van der Waals surface area contributed by atoms with Gasteiger partial charge >= 0.3 is 0 Å². The molecule has 0 aliphatic carbocycles. The Morgan fingerprint density at radius 3 is 2.13 bits per heavy atom. The van der Waals surface area contributed by atoms with Crippen molar-refractivity contribution in [3.05, 3.63) is 54.1 Å². The number of carbonyl (C=O) groups excluding carboxylic acids is 1. The fraction of sp³-hybridized carbons (Fsp3) is 0.316. The fourth-order valence-corrected chi connectivity index (χ4v) is 2.02. The lowest BCUT2D eigenvalue weighted by Gasteiger charge is -2.09. The second-order valence-electron chi connectivity index (χ2n) is 5.21. The van der Waals surface area contributed by atoms with Crippen LogP contribution in [0.1, 0.15) is 25.8 Å². The predicted octanol–water partition coefficient (Wildman–Crippen LogP) is 4.06. The standard InChI is InChI=1S/C19H23NO3/c1-3-13-22-17-11-7-16(8-12-17)20-19(21)14-23-18-9-5-15(4-2)6-10-18/h5-12H,3-4,13-14H2,1-2H3,(H,20,21). The van der Waals surface area contributed by atoms with E-state index in [2.05, 4.69) is 19.2 Å². The van der Waals surface area contributed by atoms with Crippen LogP contribution in [0.3, 0.4) is 0 Å². The van der Waals surface area contributed by atoms with Crippen LogP contribution in [0.25, 0.3) is 0 Å². The molecule has 0 fully saturated rings. The highest BCUT2D eigenvalue weighted by molar-refractivity contribution is 5.91. The molecule has 4 nitrogen and oxygen atoms in total. The first kappa shape index (κ1) is 16.9. The first-order valence-corrected chi connectivity index (χ1v) is 7.95. The monoisotopic (exact) mass is 313 g/mol. The maximum atomic E-state index is 11.9. The molecule has 0 bridgehead atoms. The first-order chi connectivity index (χ1) is 11.2. The van der Waals surface area contributed by atoms with Gasteiger partial charge in [0.15, 0.2) is 6.61 Å². The van der Waals surface area contributed by atoms with Crippen molar-refractivity contribution < 1.29 is 14.3 Å². The highest BCUT2D eigenvalue weighted by Gasteiger charge is 2.04. The fourth-order valence-electron chi connectivity index (χ4n) is 2.02. The average Bonchev–Trinajstić information content (AvgIpc) is 2.60. The minimum Gasteiger partial charge on any atom is -0.494 e. The third-order valence-electron chi connectivity index (χ3n) is 3.31. The Morgan fingerprint density at radius 2 is 1.52 bits per heavy atom. The molecule has 0 spiro atoms. The molecule has 1 amide bonds.